The Morgan fingerprint density at radius 1 is 1.17 bits per heavy atom. The molecule has 2 aromatic heterocycles. The van der Waals surface area contributed by atoms with Crippen molar-refractivity contribution in [2.75, 3.05) is 13.2 Å². The first kappa shape index (κ1) is 17.9. The Balaban J connectivity index is 1.26. The van der Waals surface area contributed by atoms with Crippen LogP contribution in [0, 0.1) is 5.92 Å². The van der Waals surface area contributed by atoms with Crippen molar-refractivity contribution in [3.63, 3.8) is 0 Å². The number of nitrogens with one attached hydrogen (secondary N) is 1. The van der Waals surface area contributed by atoms with Crippen LogP contribution in [0.1, 0.15) is 34.5 Å². The van der Waals surface area contributed by atoms with Gasteiger partial charge in [0.1, 0.15) is 0 Å². The summed E-state index contributed by atoms with van der Waals surface area (Å²) in [7, 11) is 0. The number of aromatic nitrogens is 1. The summed E-state index contributed by atoms with van der Waals surface area (Å²) < 4.78 is 16.4. The number of furan rings is 1. The van der Waals surface area contributed by atoms with Crippen molar-refractivity contribution in [3.05, 3.63) is 65.7 Å². The van der Waals surface area contributed by atoms with Gasteiger partial charge in [0.15, 0.2) is 11.3 Å². The normalized spacial score (nSPS) is 21.7. The lowest BCUT2D eigenvalue weighted by atomic mass is 9.81. The summed E-state index contributed by atoms with van der Waals surface area (Å²) in [6.45, 7) is 1.67. The Hall–Kier alpha value is -3.19. The quantitative estimate of drug-likeness (QED) is 0.671. The van der Waals surface area contributed by atoms with E-state index < -0.39 is 5.60 Å². The Morgan fingerprint density at radius 2 is 1.93 bits per heavy atom. The van der Waals surface area contributed by atoms with Gasteiger partial charge in [-0.1, -0.05) is 24.3 Å². The smallest absolute Gasteiger partial charge is 0.357 e. The maximum atomic E-state index is 12.4. The molecule has 0 aliphatic carbocycles. The minimum atomic E-state index is -0.812. The van der Waals surface area contributed by atoms with E-state index in [1.165, 1.54) is 0 Å². The van der Waals surface area contributed by atoms with E-state index in [0.717, 1.165) is 29.4 Å². The Labute approximate surface area is 167 Å². The minimum absolute atomic E-state index is 0.150. The lowest BCUT2D eigenvalue weighted by Gasteiger charge is -2.25. The van der Waals surface area contributed by atoms with Gasteiger partial charge in [-0.2, -0.15) is 0 Å². The van der Waals surface area contributed by atoms with Crippen molar-refractivity contribution in [3.8, 4) is 0 Å². The molecule has 0 spiro atoms. The van der Waals surface area contributed by atoms with E-state index in [0.29, 0.717) is 25.3 Å². The van der Waals surface area contributed by atoms with Gasteiger partial charge < -0.3 is 19.2 Å². The first-order valence-electron chi connectivity index (χ1n) is 9.69. The zero-order valence-corrected chi connectivity index (χ0v) is 15.7. The summed E-state index contributed by atoms with van der Waals surface area (Å²) in [5.74, 6) is -0.0496. The summed E-state index contributed by atoms with van der Waals surface area (Å²) >= 11 is 0. The predicted octanol–water partition coefficient (Wildman–Crippen LogP) is 2.94. The first-order chi connectivity index (χ1) is 14.2. The van der Waals surface area contributed by atoms with Crippen LogP contribution in [0.15, 0.2) is 53.2 Å². The van der Waals surface area contributed by atoms with Gasteiger partial charge in [0.2, 0.25) is 5.60 Å². The van der Waals surface area contributed by atoms with Crippen molar-refractivity contribution in [2.24, 2.45) is 5.92 Å². The number of rotatable bonds is 5. The molecule has 2 aliphatic heterocycles. The van der Waals surface area contributed by atoms with Crippen LogP contribution in [0.3, 0.4) is 0 Å². The molecular weight excluding hydrogens is 372 g/mol. The topological polar surface area (TPSA) is 94.0 Å². The van der Waals surface area contributed by atoms with Gasteiger partial charge in [-0.05, 0) is 30.5 Å². The highest BCUT2D eigenvalue weighted by atomic mass is 16.7. The van der Waals surface area contributed by atoms with Crippen molar-refractivity contribution < 1.29 is 23.5 Å². The van der Waals surface area contributed by atoms with Crippen LogP contribution in [0.4, 0.5) is 0 Å². The second-order valence-electron chi connectivity index (χ2n) is 7.42. The molecule has 1 amide bonds. The summed E-state index contributed by atoms with van der Waals surface area (Å²) in [5, 5.41) is 3.69. The summed E-state index contributed by atoms with van der Waals surface area (Å²) in [6, 6.07) is 11.1. The highest BCUT2D eigenvalue weighted by Crippen LogP contribution is 2.50. The largest absolute Gasteiger partial charge is 0.449 e. The number of carbonyl (C=O) groups excluding carboxylic acids is 2. The average molecular weight is 392 g/mol. The number of carbonyl (C=O) groups is 2. The number of amides is 1. The number of ether oxygens (including phenoxy) is 2. The van der Waals surface area contributed by atoms with Crippen LogP contribution in [0.5, 0.6) is 0 Å². The van der Waals surface area contributed by atoms with Crippen LogP contribution >= 0.6 is 0 Å². The van der Waals surface area contributed by atoms with Gasteiger partial charge in [0.25, 0.3) is 5.91 Å². The fraction of sp³-hybridized carbons (Fsp3) is 0.318. The molecule has 0 saturated carbocycles. The van der Waals surface area contributed by atoms with Crippen LogP contribution in [-0.2, 0) is 26.4 Å². The molecule has 2 fully saturated rings. The van der Waals surface area contributed by atoms with E-state index in [2.05, 4.69) is 10.3 Å². The number of hydrogen-bond acceptors (Lipinski definition) is 6. The SMILES string of the molecule is O=C(NCc1ccc(C2(C3CCOCC3)OC2=O)cc1)c1cc2ccncc2o1. The maximum Gasteiger partial charge on any atom is 0.357 e. The van der Waals surface area contributed by atoms with E-state index in [-0.39, 0.29) is 23.6 Å². The summed E-state index contributed by atoms with van der Waals surface area (Å²) in [4.78, 5) is 28.5. The first-order valence-corrected chi connectivity index (χ1v) is 9.69. The van der Waals surface area contributed by atoms with Crippen LogP contribution in [0.2, 0.25) is 0 Å². The molecule has 1 atom stereocenters. The van der Waals surface area contributed by atoms with Gasteiger partial charge in [-0.15, -0.1) is 0 Å². The zero-order chi connectivity index (χ0) is 19.8. The van der Waals surface area contributed by atoms with Crippen LogP contribution in [0.25, 0.3) is 11.0 Å². The highest BCUT2D eigenvalue weighted by molar-refractivity contribution is 5.96. The minimum Gasteiger partial charge on any atom is -0.449 e. The van der Waals surface area contributed by atoms with E-state index in [1.54, 1.807) is 24.5 Å². The van der Waals surface area contributed by atoms with Crippen molar-refractivity contribution in [1.29, 1.82) is 0 Å². The van der Waals surface area contributed by atoms with E-state index >= 15 is 0 Å². The lowest BCUT2D eigenvalue weighted by molar-refractivity contribution is -0.117. The third-order valence-electron chi connectivity index (χ3n) is 5.69. The number of pyridine rings is 1. The molecule has 2 saturated heterocycles. The Kier molecular flexibility index (Phi) is 4.32. The molecule has 1 N–H and O–H groups in total. The molecule has 7 nitrogen and oxygen atoms in total. The number of hydrogen-bond donors (Lipinski definition) is 1. The summed E-state index contributed by atoms with van der Waals surface area (Å²) in [6.07, 6.45) is 4.87. The molecular formula is C22H20N2O5. The molecule has 4 heterocycles. The van der Waals surface area contributed by atoms with E-state index in [4.69, 9.17) is 13.9 Å². The Bertz CT molecular complexity index is 1040. The molecule has 1 aromatic carbocycles. The Morgan fingerprint density at radius 3 is 2.62 bits per heavy atom. The number of fused-ring (bicyclic) bond motifs is 1. The summed E-state index contributed by atoms with van der Waals surface area (Å²) in [5.41, 5.74) is 1.56. The molecule has 2 aliphatic rings. The second-order valence-corrected chi connectivity index (χ2v) is 7.42. The number of benzene rings is 1. The van der Waals surface area contributed by atoms with Gasteiger partial charge in [-0.25, -0.2) is 4.79 Å². The average Bonchev–Trinajstić information content (AvgIpc) is 3.26. The van der Waals surface area contributed by atoms with Crippen molar-refractivity contribution >= 4 is 22.8 Å². The third-order valence-corrected chi connectivity index (χ3v) is 5.69. The van der Waals surface area contributed by atoms with Gasteiger partial charge in [-0.3, -0.25) is 9.78 Å². The molecule has 29 heavy (non-hydrogen) atoms. The fourth-order valence-electron chi connectivity index (χ4n) is 4.02. The lowest BCUT2D eigenvalue weighted by Crippen LogP contribution is -2.29. The van der Waals surface area contributed by atoms with Gasteiger partial charge >= 0.3 is 5.97 Å². The molecule has 1 unspecified atom stereocenters. The zero-order valence-electron chi connectivity index (χ0n) is 15.7. The van der Waals surface area contributed by atoms with Crippen LogP contribution in [-0.4, -0.2) is 30.1 Å². The second kappa shape index (κ2) is 7.00. The van der Waals surface area contributed by atoms with Crippen LogP contribution < -0.4 is 5.32 Å². The van der Waals surface area contributed by atoms with Crippen molar-refractivity contribution in [1.82, 2.24) is 10.3 Å². The maximum absolute atomic E-state index is 12.4. The molecule has 0 radical (unpaired) electrons. The molecule has 0 bridgehead atoms. The third kappa shape index (κ3) is 3.17. The molecule has 148 valence electrons. The monoisotopic (exact) mass is 392 g/mol. The van der Waals surface area contributed by atoms with Crippen molar-refractivity contribution in [2.45, 2.75) is 25.0 Å². The molecule has 5 rings (SSSR count). The predicted molar refractivity (Wildman–Crippen MR) is 103 cm³/mol. The van der Waals surface area contributed by atoms with Gasteiger partial charge in [0, 0.05) is 42.8 Å². The fourth-order valence-corrected chi connectivity index (χ4v) is 4.02. The number of cyclic esters (lactones) is 1. The number of epoxide rings is 1. The number of nitrogens with zero attached hydrogens (tertiary/aromatic N) is 1. The van der Waals surface area contributed by atoms with E-state index in [1.807, 2.05) is 24.3 Å². The standard InChI is InChI=1S/C22H20N2O5/c25-20(18-11-15-5-8-23-13-19(15)28-18)24-12-14-1-3-16(4-2-14)22(21(26)29-22)17-6-9-27-10-7-17/h1-5,8,11,13,17H,6-7,9-10,12H2,(H,24,25). The highest BCUT2D eigenvalue weighted by Gasteiger charge is 2.64. The molecule has 3 aromatic rings. The van der Waals surface area contributed by atoms with Gasteiger partial charge in [0.05, 0.1) is 6.20 Å². The van der Waals surface area contributed by atoms with E-state index in [9.17, 15) is 9.59 Å². The molecule has 7 heteroatoms.